The van der Waals surface area contributed by atoms with E-state index in [1.807, 2.05) is 0 Å². The van der Waals surface area contributed by atoms with E-state index in [4.69, 9.17) is 4.42 Å². The monoisotopic (exact) mass is 300 g/mol. The molecule has 1 saturated heterocycles. The average molecular weight is 300 g/mol. The fraction of sp³-hybridized carbons (Fsp3) is 0.714. The Morgan fingerprint density at radius 3 is 2.65 bits per heavy atom. The van der Waals surface area contributed by atoms with Crippen LogP contribution < -0.4 is 5.32 Å². The fourth-order valence-electron chi connectivity index (χ4n) is 2.74. The molecule has 0 amide bonds. The Kier molecular flexibility index (Phi) is 5.23. The topological polar surface area (TPSA) is 62.6 Å². The molecule has 0 radical (unpaired) electrons. The Morgan fingerprint density at radius 2 is 2.05 bits per heavy atom. The molecule has 0 atom stereocenters. The molecule has 1 fully saturated rings. The third kappa shape index (κ3) is 3.42. The summed E-state index contributed by atoms with van der Waals surface area (Å²) in [5.41, 5.74) is 0. The van der Waals surface area contributed by atoms with Crippen LogP contribution in [0.2, 0.25) is 0 Å². The summed E-state index contributed by atoms with van der Waals surface area (Å²) in [5, 5.41) is 3.01. The van der Waals surface area contributed by atoms with Gasteiger partial charge in [0.05, 0.1) is 6.54 Å². The Bertz CT molecular complexity index is 516. The Hall–Kier alpha value is -0.850. The highest BCUT2D eigenvalue weighted by atomic mass is 32.2. The summed E-state index contributed by atoms with van der Waals surface area (Å²) >= 11 is 0. The summed E-state index contributed by atoms with van der Waals surface area (Å²) in [4.78, 5) is 0. The molecule has 1 aliphatic heterocycles. The second kappa shape index (κ2) is 6.74. The quantitative estimate of drug-likeness (QED) is 0.875. The number of furan rings is 1. The molecule has 5 nitrogen and oxygen atoms in total. The third-order valence-corrected chi connectivity index (χ3v) is 5.63. The fourth-order valence-corrected chi connectivity index (χ4v) is 4.14. The van der Waals surface area contributed by atoms with Gasteiger partial charge in [-0.2, -0.15) is 4.31 Å². The van der Waals surface area contributed by atoms with Crippen LogP contribution in [-0.4, -0.2) is 32.9 Å². The van der Waals surface area contributed by atoms with E-state index in [0.29, 0.717) is 31.3 Å². The van der Waals surface area contributed by atoms with E-state index in [1.165, 1.54) is 12.8 Å². The van der Waals surface area contributed by atoms with Gasteiger partial charge in [0.15, 0.2) is 0 Å². The first-order valence-electron chi connectivity index (χ1n) is 7.31. The van der Waals surface area contributed by atoms with Crippen LogP contribution in [-0.2, 0) is 16.6 Å². The maximum Gasteiger partial charge on any atom is 0.276 e. The second-order valence-electron chi connectivity index (χ2n) is 5.39. The lowest BCUT2D eigenvalue weighted by Crippen LogP contribution is -2.38. The minimum atomic E-state index is -3.46. The summed E-state index contributed by atoms with van der Waals surface area (Å²) in [6.45, 7) is 3.92. The minimum absolute atomic E-state index is 0.0664. The molecule has 2 rings (SSSR count). The van der Waals surface area contributed by atoms with Crippen LogP contribution in [0.15, 0.2) is 21.6 Å². The molecule has 0 saturated carbocycles. The van der Waals surface area contributed by atoms with Gasteiger partial charge in [-0.05, 0) is 37.9 Å². The van der Waals surface area contributed by atoms with Crippen LogP contribution in [0.3, 0.4) is 0 Å². The molecule has 1 aromatic heterocycles. The highest BCUT2D eigenvalue weighted by Gasteiger charge is 2.31. The molecule has 0 aromatic carbocycles. The first kappa shape index (κ1) is 15.5. The summed E-state index contributed by atoms with van der Waals surface area (Å²) < 4.78 is 31.9. The van der Waals surface area contributed by atoms with E-state index in [2.05, 4.69) is 12.2 Å². The van der Waals surface area contributed by atoms with Crippen LogP contribution in [0.1, 0.15) is 38.4 Å². The maximum atomic E-state index is 12.5. The number of nitrogens with one attached hydrogen (secondary N) is 1. The minimum Gasteiger partial charge on any atom is -0.447 e. The molecule has 114 valence electrons. The van der Waals surface area contributed by atoms with Crippen molar-refractivity contribution in [3.05, 3.63) is 17.9 Å². The van der Waals surface area contributed by atoms with Crippen molar-refractivity contribution in [1.82, 2.24) is 9.62 Å². The summed E-state index contributed by atoms with van der Waals surface area (Å²) in [7, 11) is -1.66. The highest BCUT2D eigenvalue weighted by Crippen LogP contribution is 2.27. The Balaban J connectivity index is 2.03. The predicted molar refractivity (Wildman–Crippen MR) is 77.9 cm³/mol. The zero-order valence-corrected chi connectivity index (χ0v) is 13.1. The molecule has 1 aromatic rings. The maximum absolute atomic E-state index is 12.5. The van der Waals surface area contributed by atoms with Gasteiger partial charge in [-0.1, -0.05) is 19.8 Å². The molecule has 0 spiro atoms. The van der Waals surface area contributed by atoms with Gasteiger partial charge >= 0.3 is 0 Å². The lowest BCUT2D eigenvalue weighted by Gasteiger charge is -2.30. The number of hydrogen-bond donors (Lipinski definition) is 1. The molecule has 0 unspecified atom stereocenters. The van der Waals surface area contributed by atoms with Gasteiger partial charge in [0.1, 0.15) is 5.76 Å². The number of hydrogen-bond acceptors (Lipinski definition) is 4. The smallest absolute Gasteiger partial charge is 0.276 e. The number of sulfonamides is 1. The predicted octanol–water partition coefficient (Wildman–Crippen LogP) is 2.20. The van der Waals surface area contributed by atoms with Gasteiger partial charge in [-0.25, -0.2) is 8.42 Å². The Labute approximate surface area is 121 Å². The molecule has 1 N–H and O–H groups in total. The van der Waals surface area contributed by atoms with E-state index < -0.39 is 10.0 Å². The van der Waals surface area contributed by atoms with Crippen LogP contribution >= 0.6 is 0 Å². The molecule has 6 heteroatoms. The third-order valence-electron chi connectivity index (χ3n) is 3.85. The van der Waals surface area contributed by atoms with Crippen molar-refractivity contribution in [2.75, 3.05) is 20.1 Å². The standard InChI is InChI=1S/C14H24N2O3S/c1-3-4-12-7-9-16(10-8-12)20(17,18)14-6-5-13(19-14)11-15-2/h5-6,12,15H,3-4,7-11H2,1-2H3. The van der Waals surface area contributed by atoms with E-state index >= 15 is 0 Å². The zero-order chi connectivity index (χ0) is 14.6. The molecule has 0 bridgehead atoms. The largest absolute Gasteiger partial charge is 0.447 e. The molecule has 0 aliphatic carbocycles. The molecule has 2 heterocycles. The first-order chi connectivity index (χ1) is 9.57. The van der Waals surface area contributed by atoms with Crippen LogP contribution in [0.4, 0.5) is 0 Å². The molecular formula is C14H24N2O3S. The van der Waals surface area contributed by atoms with Gasteiger partial charge < -0.3 is 9.73 Å². The first-order valence-corrected chi connectivity index (χ1v) is 8.75. The van der Waals surface area contributed by atoms with Crippen LogP contribution in [0, 0.1) is 5.92 Å². The summed E-state index contributed by atoms with van der Waals surface area (Å²) in [6.07, 6.45) is 4.28. The highest BCUT2D eigenvalue weighted by molar-refractivity contribution is 7.89. The summed E-state index contributed by atoms with van der Waals surface area (Å²) in [5.74, 6) is 1.31. The van der Waals surface area contributed by atoms with Gasteiger partial charge in [0.25, 0.3) is 10.0 Å². The van der Waals surface area contributed by atoms with E-state index in [0.717, 1.165) is 12.8 Å². The molecule has 20 heavy (non-hydrogen) atoms. The normalized spacial score (nSPS) is 18.5. The second-order valence-corrected chi connectivity index (χ2v) is 7.26. The number of piperidine rings is 1. The lowest BCUT2D eigenvalue weighted by molar-refractivity contribution is 0.257. The van der Waals surface area contributed by atoms with Gasteiger partial charge in [-0.15, -0.1) is 0 Å². The molecule has 1 aliphatic rings. The van der Waals surface area contributed by atoms with Crippen molar-refractivity contribution < 1.29 is 12.8 Å². The van der Waals surface area contributed by atoms with Crippen molar-refractivity contribution in [3.63, 3.8) is 0 Å². The lowest BCUT2D eigenvalue weighted by atomic mass is 9.94. The van der Waals surface area contributed by atoms with Crippen molar-refractivity contribution in [3.8, 4) is 0 Å². The average Bonchev–Trinajstić information content (AvgIpc) is 2.90. The van der Waals surface area contributed by atoms with Gasteiger partial charge in [0, 0.05) is 13.1 Å². The SMILES string of the molecule is CCCC1CCN(S(=O)(=O)c2ccc(CNC)o2)CC1. The molecular weight excluding hydrogens is 276 g/mol. The zero-order valence-electron chi connectivity index (χ0n) is 12.3. The van der Waals surface area contributed by atoms with Crippen molar-refractivity contribution >= 4 is 10.0 Å². The van der Waals surface area contributed by atoms with Gasteiger partial charge in [-0.3, -0.25) is 0 Å². The van der Waals surface area contributed by atoms with Crippen molar-refractivity contribution in [1.29, 1.82) is 0 Å². The van der Waals surface area contributed by atoms with Crippen molar-refractivity contribution in [2.45, 2.75) is 44.2 Å². The Morgan fingerprint density at radius 1 is 1.35 bits per heavy atom. The van der Waals surface area contributed by atoms with E-state index in [-0.39, 0.29) is 5.09 Å². The van der Waals surface area contributed by atoms with Crippen LogP contribution in [0.25, 0.3) is 0 Å². The van der Waals surface area contributed by atoms with E-state index in [1.54, 1.807) is 23.5 Å². The van der Waals surface area contributed by atoms with Crippen LogP contribution in [0.5, 0.6) is 0 Å². The number of nitrogens with zero attached hydrogens (tertiary/aromatic N) is 1. The summed E-state index contributed by atoms with van der Waals surface area (Å²) in [6, 6.07) is 3.27. The van der Waals surface area contributed by atoms with Gasteiger partial charge in [0.2, 0.25) is 5.09 Å². The number of rotatable bonds is 6. The van der Waals surface area contributed by atoms with E-state index in [9.17, 15) is 8.42 Å². The van der Waals surface area contributed by atoms with Crippen molar-refractivity contribution in [2.24, 2.45) is 5.92 Å².